The van der Waals surface area contributed by atoms with Gasteiger partial charge >= 0.3 is 0 Å². The van der Waals surface area contributed by atoms with Crippen molar-refractivity contribution in [2.45, 2.75) is 33.7 Å². The SMILES string of the molecule is CCN(CC)CCCn1c(-c2ccc3c(c2)NC(=O)CO3)csc1=Nc1ccc(C)c(Cl)c1. The van der Waals surface area contributed by atoms with Crippen LogP contribution in [0.4, 0.5) is 11.4 Å². The summed E-state index contributed by atoms with van der Waals surface area (Å²) in [6.45, 7) is 10.4. The Labute approximate surface area is 203 Å². The van der Waals surface area contributed by atoms with Crippen molar-refractivity contribution in [3.05, 3.63) is 57.2 Å². The summed E-state index contributed by atoms with van der Waals surface area (Å²) in [6.07, 6.45) is 1.01. The van der Waals surface area contributed by atoms with Gasteiger partial charge in [-0.15, -0.1) is 11.3 Å². The van der Waals surface area contributed by atoms with Gasteiger partial charge in [0.05, 0.1) is 17.1 Å². The van der Waals surface area contributed by atoms with E-state index in [1.54, 1.807) is 11.3 Å². The first-order valence-corrected chi connectivity index (χ1v) is 12.5. The summed E-state index contributed by atoms with van der Waals surface area (Å²) in [6, 6.07) is 11.8. The molecule has 0 unspecified atom stereocenters. The highest BCUT2D eigenvalue weighted by atomic mass is 35.5. The second kappa shape index (κ2) is 10.5. The van der Waals surface area contributed by atoms with E-state index >= 15 is 0 Å². The molecule has 1 N–H and O–H groups in total. The summed E-state index contributed by atoms with van der Waals surface area (Å²) >= 11 is 7.94. The fourth-order valence-electron chi connectivity index (χ4n) is 3.86. The van der Waals surface area contributed by atoms with Crippen LogP contribution in [0, 0.1) is 6.92 Å². The van der Waals surface area contributed by atoms with Crippen molar-refractivity contribution in [3.63, 3.8) is 0 Å². The molecular formula is C25H29ClN4O2S. The average Bonchev–Trinajstić information content (AvgIpc) is 3.21. The summed E-state index contributed by atoms with van der Waals surface area (Å²) in [5.74, 6) is 0.560. The molecule has 0 saturated heterocycles. The van der Waals surface area contributed by atoms with Crippen molar-refractivity contribution >= 4 is 40.2 Å². The maximum atomic E-state index is 11.8. The molecule has 1 aliphatic heterocycles. The van der Waals surface area contributed by atoms with Crippen LogP contribution in [0.3, 0.4) is 0 Å². The number of thiazole rings is 1. The summed E-state index contributed by atoms with van der Waals surface area (Å²) < 4.78 is 7.78. The molecule has 0 aliphatic carbocycles. The van der Waals surface area contributed by atoms with Crippen molar-refractivity contribution in [3.8, 4) is 17.0 Å². The Kier molecular flexibility index (Phi) is 7.53. The number of nitrogens with one attached hydrogen (secondary N) is 1. The molecule has 0 spiro atoms. The highest BCUT2D eigenvalue weighted by Crippen LogP contribution is 2.33. The fraction of sp³-hybridized carbons (Fsp3) is 0.360. The molecule has 3 aromatic rings. The van der Waals surface area contributed by atoms with Gasteiger partial charge in [-0.1, -0.05) is 31.5 Å². The van der Waals surface area contributed by atoms with E-state index in [0.29, 0.717) is 16.5 Å². The van der Waals surface area contributed by atoms with Crippen LogP contribution >= 0.6 is 22.9 Å². The number of hydrogen-bond acceptors (Lipinski definition) is 5. The van der Waals surface area contributed by atoms with Crippen LogP contribution in [0.15, 0.2) is 46.8 Å². The summed E-state index contributed by atoms with van der Waals surface area (Å²) in [5, 5.41) is 5.75. The quantitative estimate of drug-likeness (QED) is 0.461. The molecule has 0 radical (unpaired) electrons. The first-order valence-electron chi connectivity index (χ1n) is 11.3. The Bertz CT molecular complexity index is 1210. The molecule has 4 rings (SSSR count). The lowest BCUT2D eigenvalue weighted by Gasteiger charge is -2.20. The zero-order valence-electron chi connectivity index (χ0n) is 19.2. The van der Waals surface area contributed by atoms with Crippen LogP contribution in [-0.4, -0.2) is 41.6 Å². The number of rotatable bonds is 8. The second-order valence-corrected chi connectivity index (χ2v) is 9.27. The summed E-state index contributed by atoms with van der Waals surface area (Å²) in [5.41, 5.74) is 4.66. The smallest absolute Gasteiger partial charge is 0.262 e. The molecule has 2 heterocycles. The largest absolute Gasteiger partial charge is 0.482 e. The van der Waals surface area contributed by atoms with Crippen LogP contribution < -0.4 is 14.9 Å². The lowest BCUT2D eigenvalue weighted by Crippen LogP contribution is -2.26. The number of halogens is 1. The predicted octanol–water partition coefficient (Wildman–Crippen LogP) is 5.47. The third-order valence-electron chi connectivity index (χ3n) is 5.84. The number of benzene rings is 2. The van der Waals surface area contributed by atoms with E-state index in [1.807, 2.05) is 43.3 Å². The van der Waals surface area contributed by atoms with Crippen LogP contribution in [0.5, 0.6) is 5.75 Å². The zero-order valence-corrected chi connectivity index (χ0v) is 20.8. The van der Waals surface area contributed by atoms with Crippen LogP contribution in [0.1, 0.15) is 25.8 Å². The molecule has 1 aromatic heterocycles. The highest BCUT2D eigenvalue weighted by molar-refractivity contribution is 7.07. The van der Waals surface area contributed by atoms with E-state index in [-0.39, 0.29) is 12.5 Å². The summed E-state index contributed by atoms with van der Waals surface area (Å²) in [4.78, 5) is 20.1. The number of carbonyl (C=O) groups excluding carboxylic acids is 1. The number of hydrogen-bond donors (Lipinski definition) is 1. The van der Waals surface area contributed by atoms with Gasteiger partial charge in [0, 0.05) is 22.5 Å². The molecule has 0 bridgehead atoms. The number of anilines is 1. The molecule has 1 amide bonds. The van der Waals surface area contributed by atoms with E-state index in [2.05, 4.69) is 34.0 Å². The van der Waals surface area contributed by atoms with Crippen LogP contribution in [-0.2, 0) is 11.3 Å². The van der Waals surface area contributed by atoms with Crippen molar-refractivity contribution in [2.24, 2.45) is 4.99 Å². The lowest BCUT2D eigenvalue weighted by molar-refractivity contribution is -0.118. The van der Waals surface area contributed by atoms with E-state index in [4.69, 9.17) is 21.3 Å². The van der Waals surface area contributed by atoms with Crippen LogP contribution in [0.2, 0.25) is 5.02 Å². The first-order chi connectivity index (χ1) is 16.0. The lowest BCUT2D eigenvalue weighted by atomic mass is 10.1. The van der Waals surface area contributed by atoms with Crippen molar-refractivity contribution < 1.29 is 9.53 Å². The number of nitrogens with zero attached hydrogens (tertiary/aromatic N) is 3. The molecule has 2 aromatic carbocycles. The number of amides is 1. The van der Waals surface area contributed by atoms with Gasteiger partial charge in [-0.05, 0) is 68.9 Å². The minimum Gasteiger partial charge on any atom is -0.482 e. The topological polar surface area (TPSA) is 58.9 Å². The highest BCUT2D eigenvalue weighted by Gasteiger charge is 2.18. The second-order valence-electron chi connectivity index (χ2n) is 8.03. The van der Waals surface area contributed by atoms with E-state index < -0.39 is 0 Å². The van der Waals surface area contributed by atoms with Gasteiger partial charge in [0.25, 0.3) is 5.91 Å². The molecule has 8 heteroatoms. The monoisotopic (exact) mass is 484 g/mol. The van der Waals surface area contributed by atoms with Gasteiger partial charge in [0.2, 0.25) is 0 Å². The van der Waals surface area contributed by atoms with Crippen molar-refractivity contribution in [1.29, 1.82) is 0 Å². The van der Waals surface area contributed by atoms with Gasteiger partial charge in [0.1, 0.15) is 5.75 Å². The Morgan fingerprint density at radius 1 is 1.21 bits per heavy atom. The Balaban J connectivity index is 1.72. The van der Waals surface area contributed by atoms with Crippen molar-refractivity contribution in [1.82, 2.24) is 9.47 Å². The number of carbonyl (C=O) groups is 1. The number of fused-ring (bicyclic) bond motifs is 1. The Hall–Kier alpha value is -2.61. The van der Waals surface area contributed by atoms with Gasteiger partial charge in [-0.2, -0.15) is 0 Å². The van der Waals surface area contributed by atoms with Gasteiger partial charge in [-0.25, -0.2) is 4.99 Å². The summed E-state index contributed by atoms with van der Waals surface area (Å²) in [7, 11) is 0. The van der Waals surface area contributed by atoms with Crippen molar-refractivity contribution in [2.75, 3.05) is 31.6 Å². The van der Waals surface area contributed by atoms with Gasteiger partial charge in [0.15, 0.2) is 11.4 Å². The number of ether oxygens (including phenoxy) is 1. The van der Waals surface area contributed by atoms with Gasteiger partial charge in [-0.3, -0.25) is 4.79 Å². The molecule has 1 aliphatic rings. The van der Waals surface area contributed by atoms with Crippen LogP contribution in [0.25, 0.3) is 11.3 Å². The fourth-order valence-corrected chi connectivity index (χ4v) is 4.99. The Morgan fingerprint density at radius 2 is 2.03 bits per heavy atom. The number of aromatic nitrogens is 1. The maximum absolute atomic E-state index is 11.8. The van der Waals surface area contributed by atoms with E-state index in [1.165, 1.54) is 0 Å². The average molecular weight is 485 g/mol. The predicted molar refractivity (Wildman–Crippen MR) is 136 cm³/mol. The maximum Gasteiger partial charge on any atom is 0.262 e. The molecule has 0 atom stereocenters. The third kappa shape index (κ3) is 5.49. The molecule has 0 fully saturated rings. The van der Waals surface area contributed by atoms with E-state index in [0.717, 1.165) is 59.9 Å². The molecule has 33 heavy (non-hydrogen) atoms. The minimum atomic E-state index is -0.135. The van der Waals surface area contributed by atoms with E-state index in [9.17, 15) is 4.79 Å². The molecule has 6 nitrogen and oxygen atoms in total. The minimum absolute atomic E-state index is 0.0539. The Morgan fingerprint density at radius 3 is 2.79 bits per heavy atom. The van der Waals surface area contributed by atoms with Gasteiger partial charge < -0.3 is 19.5 Å². The standard InChI is InChI=1S/C25H29ClN4O2S/c1-4-29(5-2)11-6-12-30-22(18-8-10-23-21(13-18)28-24(31)15-32-23)16-33-25(30)27-19-9-7-17(3)20(26)14-19/h7-10,13-14,16H,4-6,11-12,15H2,1-3H3,(H,28,31). The normalized spacial score (nSPS) is 13.7. The molecular weight excluding hydrogens is 456 g/mol. The number of aryl methyl sites for hydroxylation is 1. The molecule has 0 saturated carbocycles. The zero-order chi connectivity index (χ0) is 23.4. The first kappa shape index (κ1) is 23.5. The third-order valence-corrected chi connectivity index (χ3v) is 7.11. The molecule has 174 valence electrons.